The summed E-state index contributed by atoms with van der Waals surface area (Å²) in [5.41, 5.74) is 4.44. The second-order valence-corrected chi connectivity index (χ2v) is 7.97. The van der Waals surface area contributed by atoms with E-state index in [0.29, 0.717) is 16.5 Å². The van der Waals surface area contributed by atoms with Gasteiger partial charge in [0, 0.05) is 16.3 Å². The molecule has 0 aliphatic carbocycles. The zero-order valence-electron chi connectivity index (χ0n) is 17.3. The van der Waals surface area contributed by atoms with E-state index < -0.39 is 0 Å². The summed E-state index contributed by atoms with van der Waals surface area (Å²) in [7, 11) is 0. The van der Waals surface area contributed by atoms with Gasteiger partial charge in [-0.2, -0.15) is 4.98 Å². The number of hydrogen-bond donors (Lipinski definition) is 2. The summed E-state index contributed by atoms with van der Waals surface area (Å²) in [4.78, 5) is 17.2. The Balaban J connectivity index is 1.52. The molecule has 158 valence electrons. The third-order valence-corrected chi connectivity index (χ3v) is 5.66. The molecule has 32 heavy (non-hydrogen) atoms. The molecule has 1 aliphatic rings. The highest BCUT2D eigenvalue weighted by molar-refractivity contribution is 6.31. The normalized spacial score (nSPS) is 14.8. The van der Waals surface area contributed by atoms with E-state index in [4.69, 9.17) is 11.6 Å². The fraction of sp³-hybridized carbons (Fsp3) is 0.0800. The van der Waals surface area contributed by atoms with Crippen molar-refractivity contribution in [3.05, 3.63) is 112 Å². The fourth-order valence-electron chi connectivity index (χ4n) is 3.65. The Morgan fingerprint density at radius 1 is 1.00 bits per heavy atom. The van der Waals surface area contributed by atoms with E-state index in [9.17, 15) is 4.79 Å². The standard InChI is InChI=1S/C25H20ClN5O/c1-16-11-13-18(14-12-16)23(32)28-24-29-25-27-21(17-7-3-2-4-8-17)15-22(31(25)30-24)19-9-5-6-10-20(19)26/h2-15,22H,1H3,(H2,27,28,29,30,32). The molecule has 1 aliphatic heterocycles. The van der Waals surface area contributed by atoms with Crippen LogP contribution in [0.3, 0.4) is 0 Å². The second-order valence-electron chi connectivity index (χ2n) is 7.56. The van der Waals surface area contributed by atoms with Gasteiger partial charge < -0.3 is 5.32 Å². The molecule has 0 bridgehead atoms. The van der Waals surface area contributed by atoms with Crippen molar-refractivity contribution >= 4 is 35.1 Å². The number of anilines is 2. The first-order valence-electron chi connectivity index (χ1n) is 10.2. The molecule has 1 amide bonds. The Hall–Kier alpha value is -3.90. The van der Waals surface area contributed by atoms with E-state index in [1.165, 1.54) is 0 Å². The first-order chi connectivity index (χ1) is 15.6. The quantitative estimate of drug-likeness (QED) is 0.435. The van der Waals surface area contributed by atoms with Gasteiger partial charge in [0.2, 0.25) is 5.95 Å². The van der Waals surface area contributed by atoms with E-state index in [1.54, 1.807) is 16.8 Å². The Morgan fingerprint density at radius 2 is 1.72 bits per heavy atom. The minimum absolute atomic E-state index is 0.220. The van der Waals surface area contributed by atoms with E-state index >= 15 is 0 Å². The van der Waals surface area contributed by atoms with E-state index in [-0.39, 0.29) is 17.9 Å². The van der Waals surface area contributed by atoms with Crippen molar-refractivity contribution in [3.63, 3.8) is 0 Å². The Labute approximate surface area is 190 Å². The lowest BCUT2D eigenvalue weighted by Crippen LogP contribution is -2.20. The molecule has 0 saturated heterocycles. The molecule has 6 nitrogen and oxygen atoms in total. The third-order valence-electron chi connectivity index (χ3n) is 5.31. The number of halogens is 1. The van der Waals surface area contributed by atoms with Crippen LogP contribution in [0.25, 0.3) is 5.70 Å². The molecule has 7 heteroatoms. The van der Waals surface area contributed by atoms with Crippen LogP contribution in [0.2, 0.25) is 5.02 Å². The van der Waals surface area contributed by atoms with Gasteiger partial charge in [-0.25, -0.2) is 4.68 Å². The number of carbonyl (C=O) groups is 1. The highest BCUT2D eigenvalue weighted by Gasteiger charge is 2.27. The van der Waals surface area contributed by atoms with Crippen LogP contribution in [-0.4, -0.2) is 20.7 Å². The van der Waals surface area contributed by atoms with Gasteiger partial charge in [0.15, 0.2) is 0 Å². The number of aromatic nitrogens is 3. The highest BCUT2D eigenvalue weighted by atomic mass is 35.5. The third kappa shape index (κ3) is 3.88. The number of nitrogens with zero attached hydrogens (tertiary/aromatic N) is 3. The van der Waals surface area contributed by atoms with Crippen molar-refractivity contribution in [1.29, 1.82) is 0 Å². The molecule has 5 rings (SSSR count). The molecule has 4 aromatic rings. The van der Waals surface area contributed by atoms with Gasteiger partial charge in [-0.1, -0.05) is 77.8 Å². The van der Waals surface area contributed by atoms with Gasteiger partial charge >= 0.3 is 0 Å². The smallest absolute Gasteiger partial charge is 0.258 e. The maximum absolute atomic E-state index is 12.7. The minimum Gasteiger partial charge on any atom is -0.324 e. The topological polar surface area (TPSA) is 71.8 Å². The van der Waals surface area contributed by atoms with Crippen LogP contribution in [-0.2, 0) is 0 Å². The maximum atomic E-state index is 12.7. The average Bonchev–Trinajstić information content (AvgIpc) is 3.22. The predicted octanol–water partition coefficient (Wildman–Crippen LogP) is 5.55. The van der Waals surface area contributed by atoms with E-state index in [2.05, 4.69) is 26.8 Å². The summed E-state index contributed by atoms with van der Waals surface area (Å²) in [5.74, 6) is 0.479. The summed E-state index contributed by atoms with van der Waals surface area (Å²) in [5, 5.41) is 11.3. The van der Waals surface area contributed by atoms with Gasteiger partial charge in [-0.3, -0.25) is 10.1 Å². The molecule has 2 heterocycles. The van der Waals surface area contributed by atoms with Crippen molar-refractivity contribution in [2.45, 2.75) is 13.0 Å². The van der Waals surface area contributed by atoms with Crippen molar-refractivity contribution in [2.75, 3.05) is 10.6 Å². The van der Waals surface area contributed by atoms with E-state index in [0.717, 1.165) is 22.4 Å². The molecule has 1 unspecified atom stereocenters. The maximum Gasteiger partial charge on any atom is 0.258 e. The molecule has 0 radical (unpaired) electrons. The lowest BCUT2D eigenvalue weighted by atomic mass is 10.0. The lowest BCUT2D eigenvalue weighted by Gasteiger charge is -2.24. The summed E-state index contributed by atoms with van der Waals surface area (Å²) >= 11 is 6.52. The van der Waals surface area contributed by atoms with Gasteiger partial charge in [0.05, 0.1) is 0 Å². The van der Waals surface area contributed by atoms with E-state index in [1.807, 2.05) is 73.7 Å². The molecule has 2 N–H and O–H groups in total. The Kier molecular flexibility index (Phi) is 5.21. The molecule has 0 fully saturated rings. The number of benzene rings is 3. The van der Waals surface area contributed by atoms with Crippen molar-refractivity contribution in [3.8, 4) is 0 Å². The van der Waals surface area contributed by atoms with Crippen LogP contribution in [0.15, 0.2) is 84.9 Å². The number of aryl methyl sites for hydroxylation is 1. The fourth-order valence-corrected chi connectivity index (χ4v) is 3.89. The highest BCUT2D eigenvalue weighted by Crippen LogP contribution is 2.35. The summed E-state index contributed by atoms with van der Waals surface area (Å²) in [6.07, 6.45) is 2.06. The number of carbonyl (C=O) groups excluding carboxylic acids is 1. The summed E-state index contributed by atoms with van der Waals surface area (Å²) in [6.45, 7) is 1.98. The number of fused-ring (bicyclic) bond motifs is 1. The second kappa shape index (κ2) is 8.32. The predicted molar refractivity (Wildman–Crippen MR) is 127 cm³/mol. The van der Waals surface area contributed by atoms with Crippen LogP contribution in [0.4, 0.5) is 11.9 Å². The molecule has 1 aromatic heterocycles. The number of hydrogen-bond acceptors (Lipinski definition) is 4. The van der Waals surface area contributed by atoms with Crippen LogP contribution < -0.4 is 10.6 Å². The zero-order chi connectivity index (χ0) is 22.1. The summed E-state index contributed by atoms with van der Waals surface area (Å²) < 4.78 is 1.73. The molecule has 3 aromatic carbocycles. The largest absolute Gasteiger partial charge is 0.324 e. The molecule has 1 atom stereocenters. The first-order valence-corrected chi connectivity index (χ1v) is 10.6. The van der Waals surface area contributed by atoms with Crippen molar-refractivity contribution < 1.29 is 4.79 Å². The van der Waals surface area contributed by atoms with Crippen LogP contribution in [0.5, 0.6) is 0 Å². The molecular weight excluding hydrogens is 422 g/mol. The average molecular weight is 442 g/mol. The zero-order valence-corrected chi connectivity index (χ0v) is 18.0. The number of amides is 1. The number of nitrogens with one attached hydrogen (secondary N) is 2. The Morgan fingerprint density at radius 3 is 2.47 bits per heavy atom. The van der Waals surface area contributed by atoms with Gasteiger partial charge in [0.1, 0.15) is 6.04 Å². The van der Waals surface area contributed by atoms with Gasteiger partial charge in [0.25, 0.3) is 11.9 Å². The van der Waals surface area contributed by atoms with Crippen LogP contribution in [0.1, 0.15) is 33.1 Å². The monoisotopic (exact) mass is 441 g/mol. The summed E-state index contributed by atoms with van der Waals surface area (Å²) in [6, 6.07) is 24.7. The first kappa shape index (κ1) is 20.0. The molecular formula is C25H20ClN5O. The van der Waals surface area contributed by atoms with Gasteiger partial charge in [-0.15, -0.1) is 5.10 Å². The minimum atomic E-state index is -0.285. The Bertz CT molecular complexity index is 1310. The number of allylic oxidation sites excluding steroid dienone is 1. The van der Waals surface area contributed by atoms with Crippen molar-refractivity contribution in [2.24, 2.45) is 0 Å². The molecule has 0 spiro atoms. The van der Waals surface area contributed by atoms with Crippen LogP contribution in [0, 0.1) is 6.92 Å². The molecule has 0 saturated carbocycles. The van der Waals surface area contributed by atoms with Crippen molar-refractivity contribution in [1.82, 2.24) is 14.8 Å². The van der Waals surface area contributed by atoms with Gasteiger partial charge in [-0.05, 0) is 42.3 Å². The number of rotatable bonds is 4. The lowest BCUT2D eigenvalue weighted by molar-refractivity contribution is 0.102. The SMILES string of the molecule is Cc1ccc(C(=O)Nc2nc3n(n2)C(c2ccccc2Cl)C=C(c2ccccc2)N3)cc1. The van der Waals surface area contributed by atoms with Crippen LogP contribution >= 0.6 is 11.6 Å².